The topological polar surface area (TPSA) is 98.1 Å². The summed E-state index contributed by atoms with van der Waals surface area (Å²) < 4.78 is 4.38. The molecule has 0 bridgehead atoms. The maximum atomic E-state index is 11.0. The minimum Gasteiger partial charge on any atom is -0.464 e. The van der Waals surface area contributed by atoms with E-state index in [1.165, 1.54) is 13.3 Å². The average Bonchev–Trinajstić information content (AvgIpc) is 2.50. The molecule has 70 valence electrons. The van der Waals surface area contributed by atoms with E-state index in [-0.39, 0.29) is 11.3 Å². The van der Waals surface area contributed by atoms with Crippen molar-refractivity contribution in [3.05, 3.63) is 27.6 Å². The highest BCUT2D eigenvalue weighted by Gasteiger charge is 2.17. The summed E-state index contributed by atoms with van der Waals surface area (Å²) in [5.41, 5.74) is 0.246. The molecule has 0 radical (unpaired) electrons. The molecule has 1 aromatic heterocycles. The van der Waals surface area contributed by atoms with Crippen LogP contribution in [0.4, 0.5) is 0 Å². The van der Waals surface area contributed by atoms with Crippen LogP contribution in [-0.4, -0.2) is 28.2 Å². The molecule has 0 atom stereocenters. The Balaban J connectivity index is 2.89. The summed E-state index contributed by atoms with van der Waals surface area (Å²) in [4.78, 5) is 20.6. The van der Waals surface area contributed by atoms with Crippen molar-refractivity contribution in [1.82, 2.24) is 10.2 Å². The molecule has 0 aliphatic rings. The summed E-state index contributed by atoms with van der Waals surface area (Å²) in [6, 6.07) is 0. The quantitative estimate of drug-likeness (QED) is 0.405. The maximum Gasteiger partial charge on any atom is 0.356 e. The molecule has 1 aromatic rings. The molecule has 0 fully saturated rings. The lowest BCUT2D eigenvalue weighted by Crippen LogP contribution is -2.08. The molecule has 7 nitrogen and oxygen atoms in total. The van der Waals surface area contributed by atoms with Crippen LogP contribution in [0.25, 0.3) is 0 Å². The van der Waals surface area contributed by atoms with Gasteiger partial charge in [0.25, 0.3) is 0 Å². The summed E-state index contributed by atoms with van der Waals surface area (Å²) in [6.07, 6.45) is 1.23. The Kier molecular flexibility index (Phi) is 2.58. The summed E-state index contributed by atoms with van der Waals surface area (Å²) in [6.45, 7) is -0.444. The second kappa shape index (κ2) is 3.65. The zero-order valence-corrected chi connectivity index (χ0v) is 6.81. The molecule has 1 N–H and O–H groups in total. The standard InChI is InChI=1S/C6H7N3O4/c1-13-6(10)5-4(2-7-8-5)3-9(11)12/h2H,3H2,1H3,(H,7,8). The van der Waals surface area contributed by atoms with Gasteiger partial charge >= 0.3 is 5.97 Å². The predicted octanol–water partition coefficient (Wildman–Crippen LogP) is -0.0270. The first-order chi connectivity index (χ1) is 6.15. The third kappa shape index (κ3) is 2.01. The monoisotopic (exact) mass is 185 g/mol. The van der Waals surface area contributed by atoms with Crippen molar-refractivity contribution in [2.75, 3.05) is 7.11 Å². The maximum absolute atomic E-state index is 11.0. The van der Waals surface area contributed by atoms with Gasteiger partial charge in [-0.25, -0.2) is 4.79 Å². The highest BCUT2D eigenvalue weighted by Crippen LogP contribution is 2.06. The molecule has 7 heteroatoms. The first-order valence-corrected chi connectivity index (χ1v) is 3.37. The Morgan fingerprint density at radius 2 is 2.54 bits per heavy atom. The number of aromatic nitrogens is 2. The molecular weight excluding hydrogens is 178 g/mol. The Bertz CT molecular complexity index is 332. The van der Waals surface area contributed by atoms with Crippen LogP contribution in [0.5, 0.6) is 0 Å². The normalized spacial score (nSPS) is 9.62. The van der Waals surface area contributed by atoms with E-state index in [0.717, 1.165) is 0 Å². The zero-order chi connectivity index (χ0) is 9.84. The Labute approximate surface area is 72.9 Å². The first kappa shape index (κ1) is 9.17. The van der Waals surface area contributed by atoms with Gasteiger partial charge in [0.2, 0.25) is 6.54 Å². The van der Waals surface area contributed by atoms with Crippen molar-refractivity contribution in [2.45, 2.75) is 6.54 Å². The number of ether oxygens (including phenoxy) is 1. The largest absolute Gasteiger partial charge is 0.464 e. The van der Waals surface area contributed by atoms with Crippen LogP contribution in [0.1, 0.15) is 16.1 Å². The zero-order valence-electron chi connectivity index (χ0n) is 6.81. The van der Waals surface area contributed by atoms with E-state index in [1.54, 1.807) is 0 Å². The fourth-order valence-corrected chi connectivity index (χ4v) is 0.849. The predicted molar refractivity (Wildman–Crippen MR) is 40.6 cm³/mol. The number of hydrogen-bond acceptors (Lipinski definition) is 5. The minimum atomic E-state index is -0.658. The van der Waals surface area contributed by atoms with Crippen molar-refractivity contribution < 1.29 is 14.5 Å². The Hall–Kier alpha value is -1.92. The van der Waals surface area contributed by atoms with Crippen LogP contribution in [0, 0.1) is 10.1 Å². The molecule has 0 unspecified atom stereocenters. The second-order valence-electron chi connectivity index (χ2n) is 2.25. The number of hydrogen-bond donors (Lipinski definition) is 1. The molecule has 0 amide bonds. The molecule has 1 heterocycles. The third-order valence-electron chi connectivity index (χ3n) is 1.41. The molecular formula is C6H7N3O4. The number of nitro groups is 1. The number of rotatable bonds is 3. The van der Waals surface area contributed by atoms with Crippen LogP contribution < -0.4 is 0 Å². The summed E-state index contributed by atoms with van der Waals surface area (Å²) in [5, 5.41) is 16.0. The second-order valence-corrected chi connectivity index (χ2v) is 2.25. The van der Waals surface area contributed by atoms with Gasteiger partial charge in [-0.1, -0.05) is 0 Å². The van der Waals surface area contributed by atoms with Crippen LogP contribution >= 0.6 is 0 Å². The Morgan fingerprint density at radius 3 is 3.08 bits per heavy atom. The third-order valence-corrected chi connectivity index (χ3v) is 1.41. The van der Waals surface area contributed by atoms with Crippen molar-refractivity contribution in [3.63, 3.8) is 0 Å². The fourth-order valence-electron chi connectivity index (χ4n) is 0.849. The number of carbonyl (C=O) groups is 1. The molecule has 1 rings (SSSR count). The number of H-pyrrole nitrogens is 1. The molecule has 0 spiro atoms. The average molecular weight is 185 g/mol. The molecule has 0 saturated heterocycles. The van der Waals surface area contributed by atoms with Crippen molar-refractivity contribution in [1.29, 1.82) is 0 Å². The Morgan fingerprint density at radius 1 is 1.85 bits per heavy atom. The van der Waals surface area contributed by atoms with Gasteiger partial charge in [0, 0.05) is 4.92 Å². The first-order valence-electron chi connectivity index (χ1n) is 3.37. The van der Waals surface area contributed by atoms with Gasteiger partial charge in [-0.3, -0.25) is 15.2 Å². The van der Waals surface area contributed by atoms with Gasteiger partial charge in [-0.05, 0) is 0 Å². The summed E-state index contributed by atoms with van der Waals surface area (Å²) in [7, 11) is 1.19. The van der Waals surface area contributed by atoms with E-state index in [4.69, 9.17) is 0 Å². The van der Waals surface area contributed by atoms with Crippen LogP contribution in [0.2, 0.25) is 0 Å². The van der Waals surface area contributed by atoms with Gasteiger partial charge < -0.3 is 4.74 Å². The van der Waals surface area contributed by atoms with E-state index >= 15 is 0 Å². The lowest BCUT2D eigenvalue weighted by molar-refractivity contribution is -0.496. The van der Waals surface area contributed by atoms with E-state index in [0.29, 0.717) is 0 Å². The highest BCUT2D eigenvalue weighted by atomic mass is 16.6. The van der Waals surface area contributed by atoms with Crippen molar-refractivity contribution >= 4 is 5.97 Å². The summed E-state index contributed by atoms with van der Waals surface area (Å²) >= 11 is 0. The number of carbonyl (C=O) groups excluding carboxylic acids is 1. The molecule has 0 aliphatic carbocycles. The van der Waals surface area contributed by atoms with Gasteiger partial charge in [0.15, 0.2) is 5.69 Å². The SMILES string of the molecule is COC(=O)c1[nH]ncc1C[N+](=O)[O-]. The van der Waals surface area contributed by atoms with Gasteiger partial charge in [-0.2, -0.15) is 5.10 Å². The lowest BCUT2D eigenvalue weighted by Gasteiger charge is -1.96. The number of aromatic amines is 1. The van der Waals surface area contributed by atoms with Crippen molar-refractivity contribution in [2.24, 2.45) is 0 Å². The molecule has 0 aliphatic heterocycles. The van der Waals surface area contributed by atoms with Gasteiger partial charge in [-0.15, -0.1) is 0 Å². The highest BCUT2D eigenvalue weighted by molar-refractivity contribution is 5.88. The van der Waals surface area contributed by atoms with E-state index in [1.807, 2.05) is 0 Å². The summed E-state index contributed by atoms with van der Waals surface area (Å²) in [5.74, 6) is -0.658. The minimum absolute atomic E-state index is 0.0270. The van der Waals surface area contributed by atoms with Crippen LogP contribution in [0.3, 0.4) is 0 Å². The van der Waals surface area contributed by atoms with Gasteiger partial charge in [0.05, 0.1) is 18.9 Å². The fraction of sp³-hybridized carbons (Fsp3) is 0.333. The van der Waals surface area contributed by atoms with Crippen LogP contribution in [0.15, 0.2) is 6.20 Å². The van der Waals surface area contributed by atoms with Crippen LogP contribution in [-0.2, 0) is 11.3 Å². The molecule has 0 saturated carbocycles. The van der Waals surface area contributed by atoms with E-state index in [2.05, 4.69) is 14.9 Å². The number of methoxy groups -OCH3 is 1. The molecule has 13 heavy (non-hydrogen) atoms. The van der Waals surface area contributed by atoms with Crippen molar-refractivity contribution in [3.8, 4) is 0 Å². The number of nitrogens with one attached hydrogen (secondary N) is 1. The number of nitrogens with zero attached hydrogens (tertiary/aromatic N) is 2. The smallest absolute Gasteiger partial charge is 0.356 e. The lowest BCUT2D eigenvalue weighted by atomic mass is 10.2. The van der Waals surface area contributed by atoms with Gasteiger partial charge in [0.1, 0.15) is 0 Å². The number of esters is 1. The van der Waals surface area contributed by atoms with E-state index in [9.17, 15) is 14.9 Å². The molecule has 0 aromatic carbocycles. The van der Waals surface area contributed by atoms with E-state index < -0.39 is 17.4 Å².